The van der Waals surface area contributed by atoms with Crippen LogP contribution < -0.4 is 0 Å². The van der Waals surface area contributed by atoms with E-state index in [2.05, 4.69) is 32.6 Å². The third-order valence-corrected chi connectivity index (χ3v) is 5.55. The Labute approximate surface area is 114 Å². The molecule has 0 spiro atoms. The lowest BCUT2D eigenvalue weighted by molar-refractivity contribution is 0.0838. The summed E-state index contributed by atoms with van der Waals surface area (Å²) in [5, 5.41) is 0. The molecule has 0 aromatic heterocycles. The third-order valence-electron chi connectivity index (χ3n) is 5.55. The Morgan fingerprint density at radius 3 is 2.39 bits per heavy atom. The Bertz CT molecular complexity index is 248. The van der Waals surface area contributed by atoms with Gasteiger partial charge in [-0.2, -0.15) is 0 Å². The van der Waals surface area contributed by atoms with E-state index in [1.54, 1.807) is 0 Å². The van der Waals surface area contributed by atoms with Gasteiger partial charge in [0.05, 0.1) is 0 Å². The smallest absolute Gasteiger partial charge is 0.0127 e. The van der Waals surface area contributed by atoms with Crippen molar-refractivity contribution in [2.45, 2.75) is 97.2 Å². The summed E-state index contributed by atoms with van der Waals surface area (Å²) >= 11 is 0. The molecule has 0 bridgehead atoms. The van der Waals surface area contributed by atoms with Crippen molar-refractivity contribution in [1.82, 2.24) is 4.90 Å². The van der Waals surface area contributed by atoms with Crippen molar-refractivity contribution in [2.24, 2.45) is 11.8 Å². The Balaban J connectivity index is 2.04. The summed E-state index contributed by atoms with van der Waals surface area (Å²) in [4.78, 5) is 2.94. The second kappa shape index (κ2) is 6.41. The molecule has 0 aromatic carbocycles. The molecule has 0 amide bonds. The van der Waals surface area contributed by atoms with Crippen molar-refractivity contribution in [2.75, 3.05) is 0 Å². The van der Waals surface area contributed by atoms with E-state index < -0.39 is 0 Å². The van der Waals surface area contributed by atoms with Crippen LogP contribution in [0.15, 0.2) is 0 Å². The van der Waals surface area contributed by atoms with Gasteiger partial charge in [0.15, 0.2) is 0 Å². The molecule has 1 heteroatoms. The molecule has 106 valence electrons. The Hall–Kier alpha value is -0.0400. The summed E-state index contributed by atoms with van der Waals surface area (Å²) in [6.07, 6.45) is 11.5. The monoisotopic (exact) mass is 251 g/mol. The van der Waals surface area contributed by atoms with E-state index in [-0.39, 0.29) is 0 Å². The molecule has 1 nitrogen and oxygen atoms in total. The van der Waals surface area contributed by atoms with E-state index in [0.29, 0.717) is 0 Å². The van der Waals surface area contributed by atoms with Gasteiger partial charge < -0.3 is 0 Å². The molecular weight excluding hydrogens is 218 g/mol. The molecule has 1 aliphatic carbocycles. The summed E-state index contributed by atoms with van der Waals surface area (Å²) in [7, 11) is 0. The van der Waals surface area contributed by atoms with Gasteiger partial charge in [0.1, 0.15) is 0 Å². The second-order valence-corrected chi connectivity index (χ2v) is 6.97. The van der Waals surface area contributed by atoms with Gasteiger partial charge in [0, 0.05) is 18.1 Å². The zero-order valence-electron chi connectivity index (χ0n) is 13.0. The van der Waals surface area contributed by atoms with Gasteiger partial charge in [-0.15, -0.1) is 0 Å². The van der Waals surface area contributed by atoms with E-state index in [4.69, 9.17) is 0 Å². The van der Waals surface area contributed by atoms with Crippen molar-refractivity contribution in [1.29, 1.82) is 0 Å². The van der Waals surface area contributed by atoms with Crippen LogP contribution in [0.4, 0.5) is 0 Å². The highest BCUT2D eigenvalue weighted by atomic mass is 15.2. The minimum absolute atomic E-state index is 0.836. The van der Waals surface area contributed by atoms with Gasteiger partial charge in [-0.25, -0.2) is 0 Å². The molecule has 0 aromatic rings. The molecule has 2 rings (SSSR count). The first-order valence-electron chi connectivity index (χ1n) is 8.44. The van der Waals surface area contributed by atoms with Crippen molar-refractivity contribution in [3.8, 4) is 0 Å². The molecule has 5 atom stereocenters. The maximum atomic E-state index is 2.94. The average Bonchev–Trinajstić information content (AvgIpc) is 2.91. The average molecular weight is 251 g/mol. The van der Waals surface area contributed by atoms with Crippen molar-refractivity contribution in [3.05, 3.63) is 0 Å². The highest BCUT2D eigenvalue weighted by Crippen LogP contribution is 2.40. The highest BCUT2D eigenvalue weighted by Gasteiger charge is 2.39. The molecule has 2 fully saturated rings. The summed E-state index contributed by atoms with van der Waals surface area (Å²) in [6, 6.07) is 2.61. The minimum Gasteiger partial charge on any atom is -0.295 e. The van der Waals surface area contributed by atoms with E-state index in [1.807, 2.05) is 0 Å². The normalized spacial score (nSPS) is 39.3. The SMILES string of the molecule is CCCC1CCC(C)N1C(CC)C1CCC(C)C1. The number of likely N-dealkylation sites (tertiary alicyclic amines) is 1. The summed E-state index contributed by atoms with van der Waals surface area (Å²) in [5.41, 5.74) is 0. The third kappa shape index (κ3) is 2.92. The first-order chi connectivity index (χ1) is 8.67. The van der Waals surface area contributed by atoms with Crippen LogP contribution in [0.5, 0.6) is 0 Å². The van der Waals surface area contributed by atoms with Gasteiger partial charge in [-0.05, 0) is 57.3 Å². The lowest BCUT2D eigenvalue weighted by Gasteiger charge is -2.39. The van der Waals surface area contributed by atoms with Crippen LogP contribution >= 0.6 is 0 Å². The van der Waals surface area contributed by atoms with Crippen LogP contribution in [-0.4, -0.2) is 23.0 Å². The topological polar surface area (TPSA) is 3.24 Å². The Morgan fingerprint density at radius 2 is 1.83 bits per heavy atom. The fourth-order valence-corrected chi connectivity index (χ4v) is 4.70. The van der Waals surface area contributed by atoms with Crippen molar-refractivity contribution < 1.29 is 0 Å². The number of hydrogen-bond donors (Lipinski definition) is 0. The van der Waals surface area contributed by atoms with Crippen LogP contribution in [0.1, 0.15) is 79.1 Å². The van der Waals surface area contributed by atoms with E-state index in [9.17, 15) is 0 Å². The van der Waals surface area contributed by atoms with Crippen LogP contribution in [0, 0.1) is 11.8 Å². The molecule has 0 N–H and O–H groups in total. The standard InChI is InChI=1S/C17H33N/c1-5-7-16-11-9-14(4)18(16)17(6-2)15-10-8-13(3)12-15/h13-17H,5-12H2,1-4H3. The summed E-state index contributed by atoms with van der Waals surface area (Å²) < 4.78 is 0. The lowest BCUT2D eigenvalue weighted by Crippen LogP contribution is -2.46. The molecule has 1 aliphatic heterocycles. The van der Waals surface area contributed by atoms with Crippen molar-refractivity contribution >= 4 is 0 Å². The lowest BCUT2D eigenvalue weighted by atomic mass is 9.91. The van der Waals surface area contributed by atoms with Crippen molar-refractivity contribution in [3.63, 3.8) is 0 Å². The zero-order valence-corrected chi connectivity index (χ0v) is 13.0. The molecule has 1 heterocycles. The predicted octanol–water partition coefficient (Wildman–Crippen LogP) is 4.85. The van der Waals surface area contributed by atoms with Gasteiger partial charge in [-0.3, -0.25) is 4.90 Å². The molecule has 2 aliphatic rings. The van der Waals surface area contributed by atoms with Gasteiger partial charge in [0.2, 0.25) is 0 Å². The Kier molecular flexibility index (Phi) is 5.12. The molecule has 1 saturated carbocycles. The fraction of sp³-hybridized carbons (Fsp3) is 1.00. The van der Waals surface area contributed by atoms with Crippen LogP contribution in [-0.2, 0) is 0 Å². The molecular formula is C17H33N. The van der Waals surface area contributed by atoms with Gasteiger partial charge >= 0.3 is 0 Å². The quantitative estimate of drug-likeness (QED) is 0.675. The minimum atomic E-state index is 0.836. The molecule has 0 radical (unpaired) electrons. The summed E-state index contributed by atoms with van der Waals surface area (Å²) in [5.74, 6) is 1.97. The maximum absolute atomic E-state index is 2.94. The molecule has 18 heavy (non-hydrogen) atoms. The van der Waals surface area contributed by atoms with Gasteiger partial charge in [-0.1, -0.05) is 33.6 Å². The molecule has 1 saturated heterocycles. The Morgan fingerprint density at radius 1 is 1.06 bits per heavy atom. The number of nitrogens with zero attached hydrogens (tertiary/aromatic N) is 1. The van der Waals surface area contributed by atoms with Crippen LogP contribution in [0.2, 0.25) is 0 Å². The van der Waals surface area contributed by atoms with Gasteiger partial charge in [0.25, 0.3) is 0 Å². The zero-order chi connectivity index (χ0) is 13.1. The fourth-order valence-electron chi connectivity index (χ4n) is 4.70. The maximum Gasteiger partial charge on any atom is 0.0127 e. The largest absolute Gasteiger partial charge is 0.295 e. The first-order valence-corrected chi connectivity index (χ1v) is 8.44. The van der Waals surface area contributed by atoms with Crippen LogP contribution in [0.25, 0.3) is 0 Å². The van der Waals surface area contributed by atoms with E-state index in [0.717, 1.165) is 30.0 Å². The van der Waals surface area contributed by atoms with E-state index >= 15 is 0 Å². The molecule has 5 unspecified atom stereocenters. The number of rotatable bonds is 5. The first kappa shape index (κ1) is 14.4. The predicted molar refractivity (Wildman–Crippen MR) is 79.8 cm³/mol. The highest BCUT2D eigenvalue weighted by molar-refractivity contribution is 4.93. The summed E-state index contributed by atoms with van der Waals surface area (Å²) in [6.45, 7) is 9.68. The van der Waals surface area contributed by atoms with E-state index in [1.165, 1.54) is 51.4 Å². The number of hydrogen-bond acceptors (Lipinski definition) is 1. The van der Waals surface area contributed by atoms with Crippen LogP contribution in [0.3, 0.4) is 0 Å². The second-order valence-electron chi connectivity index (χ2n) is 6.97.